The first-order valence-electron chi connectivity index (χ1n) is 9.65. The summed E-state index contributed by atoms with van der Waals surface area (Å²) in [5.41, 5.74) is 3.01. The molecule has 162 valence electrons. The zero-order valence-electron chi connectivity index (χ0n) is 17.2. The number of aromatic nitrogens is 5. The van der Waals surface area contributed by atoms with Crippen LogP contribution in [0.4, 0.5) is 5.69 Å². The van der Waals surface area contributed by atoms with Gasteiger partial charge in [-0.3, -0.25) is 14.3 Å². The number of benzene rings is 1. The molecule has 4 aromatic rings. The second kappa shape index (κ2) is 9.68. The van der Waals surface area contributed by atoms with Gasteiger partial charge in [-0.15, -0.1) is 10.2 Å². The Hall–Kier alpha value is -2.94. The number of thioether (sulfide) groups is 1. The molecule has 0 fully saturated rings. The van der Waals surface area contributed by atoms with Crippen LogP contribution in [0.1, 0.15) is 12.5 Å². The first-order valence-corrected chi connectivity index (χ1v) is 11.3. The minimum Gasteiger partial charge on any atom is -0.322 e. The lowest BCUT2D eigenvalue weighted by molar-refractivity contribution is -0.115. The van der Waals surface area contributed by atoms with Crippen LogP contribution in [-0.4, -0.2) is 35.9 Å². The van der Waals surface area contributed by atoms with Crippen LogP contribution in [0.2, 0.25) is 10.2 Å². The zero-order chi connectivity index (χ0) is 22.7. The standard InChI is InChI=1S/C22H18Cl2N6OS/c1-13-16(23)5-3-7-18(13)30-20(15-8-11-25-12-9-15)28-29-22(30)32-14(2)21(31)27-17-6-4-10-26-19(17)24/h3-12,14H,1-2H3,(H,27,31). The van der Waals surface area contributed by atoms with Crippen molar-refractivity contribution in [3.63, 3.8) is 0 Å². The number of halogens is 2. The number of amides is 1. The number of pyridine rings is 2. The van der Waals surface area contributed by atoms with Crippen LogP contribution in [0.25, 0.3) is 17.1 Å². The molecule has 0 aliphatic rings. The van der Waals surface area contributed by atoms with Crippen molar-refractivity contribution in [3.05, 3.63) is 76.8 Å². The molecule has 4 rings (SSSR count). The second-order valence-corrected chi connectivity index (χ2v) is 8.93. The number of nitrogens with one attached hydrogen (secondary N) is 1. The number of carbonyl (C=O) groups excluding carboxylic acids is 1. The van der Waals surface area contributed by atoms with Crippen molar-refractivity contribution in [2.75, 3.05) is 5.32 Å². The summed E-state index contributed by atoms with van der Waals surface area (Å²) in [7, 11) is 0. The van der Waals surface area contributed by atoms with E-state index in [0.29, 0.717) is 21.7 Å². The molecule has 32 heavy (non-hydrogen) atoms. The Morgan fingerprint density at radius 1 is 1.06 bits per heavy atom. The molecule has 3 aromatic heterocycles. The maximum Gasteiger partial charge on any atom is 0.237 e. The first-order chi connectivity index (χ1) is 15.5. The zero-order valence-corrected chi connectivity index (χ0v) is 19.5. The number of nitrogens with zero attached hydrogens (tertiary/aromatic N) is 5. The Kier molecular flexibility index (Phi) is 6.74. The first kappa shape index (κ1) is 22.3. The van der Waals surface area contributed by atoms with E-state index in [0.717, 1.165) is 16.8 Å². The van der Waals surface area contributed by atoms with Crippen LogP contribution < -0.4 is 5.32 Å². The van der Waals surface area contributed by atoms with Gasteiger partial charge < -0.3 is 5.32 Å². The van der Waals surface area contributed by atoms with Crippen molar-refractivity contribution in [2.45, 2.75) is 24.3 Å². The van der Waals surface area contributed by atoms with Crippen LogP contribution in [0.3, 0.4) is 0 Å². The molecule has 0 aliphatic carbocycles. The maximum atomic E-state index is 12.8. The van der Waals surface area contributed by atoms with Gasteiger partial charge in [-0.2, -0.15) is 0 Å². The van der Waals surface area contributed by atoms with E-state index >= 15 is 0 Å². The fourth-order valence-corrected chi connectivity index (χ4v) is 4.21. The summed E-state index contributed by atoms with van der Waals surface area (Å²) in [6.45, 7) is 3.73. The van der Waals surface area contributed by atoms with Crippen molar-refractivity contribution in [1.82, 2.24) is 24.7 Å². The molecule has 7 nitrogen and oxygen atoms in total. The van der Waals surface area contributed by atoms with Crippen LogP contribution in [-0.2, 0) is 4.79 Å². The topological polar surface area (TPSA) is 85.6 Å². The van der Waals surface area contributed by atoms with Gasteiger partial charge in [-0.25, -0.2) is 4.98 Å². The number of rotatable bonds is 6. The third kappa shape index (κ3) is 4.62. The Morgan fingerprint density at radius 3 is 2.59 bits per heavy atom. The summed E-state index contributed by atoms with van der Waals surface area (Å²) in [6.07, 6.45) is 4.95. The highest BCUT2D eigenvalue weighted by atomic mass is 35.5. The number of hydrogen-bond acceptors (Lipinski definition) is 6. The van der Waals surface area contributed by atoms with E-state index in [-0.39, 0.29) is 11.1 Å². The molecule has 1 aromatic carbocycles. The monoisotopic (exact) mass is 484 g/mol. The molecule has 1 amide bonds. The summed E-state index contributed by atoms with van der Waals surface area (Å²) in [4.78, 5) is 20.9. The quantitative estimate of drug-likeness (QED) is 0.288. The van der Waals surface area contributed by atoms with Gasteiger partial charge in [0.05, 0.1) is 16.6 Å². The van der Waals surface area contributed by atoms with Gasteiger partial charge >= 0.3 is 0 Å². The Morgan fingerprint density at radius 2 is 1.84 bits per heavy atom. The molecule has 1 N–H and O–H groups in total. The predicted molar refractivity (Wildman–Crippen MR) is 128 cm³/mol. The van der Waals surface area contributed by atoms with Gasteiger partial charge in [0.25, 0.3) is 0 Å². The van der Waals surface area contributed by atoms with E-state index in [4.69, 9.17) is 23.2 Å². The van der Waals surface area contributed by atoms with Crippen LogP contribution in [0, 0.1) is 6.92 Å². The Labute approximate surface area is 199 Å². The molecule has 1 atom stereocenters. The molecule has 0 saturated carbocycles. The number of hydrogen-bond donors (Lipinski definition) is 1. The highest BCUT2D eigenvalue weighted by Crippen LogP contribution is 2.33. The van der Waals surface area contributed by atoms with E-state index in [1.807, 2.05) is 41.8 Å². The molecule has 0 aliphatic heterocycles. The lowest BCUT2D eigenvalue weighted by Crippen LogP contribution is -2.23. The van der Waals surface area contributed by atoms with E-state index in [9.17, 15) is 4.79 Å². The molecule has 0 radical (unpaired) electrons. The molecule has 0 bridgehead atoms. The SMILES string of the molecule is Cc1c(Cl)cccc1-n1c(SC(C)C(=O)Nc2cccnc2Cl)nnc1-c1ccncc1. The minimum absolute atomic E-state index is 0.229. The minimum atomic E-state index is -0.487. The maximum absolute atomic E-state index is 12.8. The highest BCUT2D eigenvalue weighted by Gasteiger charge is 2.23. The fourth-order valence-electron chi connectivity index (χ4n) is 3.02. The predicted octanol–water partition coefficient (Wildman–Crippen LogP) is 5.46. The summed E-state index contributed by atoms with van der Waals surface area (Å²) < 4.78 is 1.90. The normalized spacial score (nSPS) is 11.9. The third-order valence-corrected chi connectivity index (χ3v) is 6.47. The van der Waals surface area contributed by atoms with Crippen molar-refractivity contribution in [1.29, 1.82) is 0 Å². The summed E-state index contributed by atoms with van der Waals surface area (Å²) in [6, 6.07) is 12.8. The lowest BCUT2D eigenvalue weighted by Gasteiger charge is -2.16. The van der Waals surface area contributed by atoms with Gasteiger partial charge in [0.1, 0.15) is 0 Å². The molecule has 10 heteroatoms. The summed E-state index contributed by atoms with van der Waals surface area (Å²) >= 11 is 13.7. The van der Waals surface area contributed by atoms with Crippen LogP contribution in [0.15, 0.2) is 66.2 Å². The summed E-state index contributed by atoms with van der Waals surface area (Å²) in [5, 5.41) is 12.5. The second-order valence-electron chi connectivity index (χ2n) is 6.85. The van der Waals surface area contributed by atoms with Crippen LogP contribution >= 0.6 is 35.0 Å². The van der Waals surface area contributed by atoms with E-state index in [1.54, 1.807) is 37.6 Å². The van der Waals surface area contributed by atoms with Crippen molar-refractivity contribution in [3.8, 4) is 17.1 Å². The van der Waals surface area contributed by atoms with Gasteiger partial charge in [-0.1, -0.05) is 41.0 Å². The Bertz CT molecular complexity index is 1260. The number of anilines is 1. The van der Waals surface area contributed by atoms with Gasteiger partial charge in [0.2, 0.25) is 5.91 Å². The van der Waals surface area contributed by atoms with Gasteiger partial charge in [0.15, 0.2) is 16.1 Å². The lowest BCUT2D eigenvalue weighted by atomic mass is 10.2. The molecular weight excluding hydrogens is 467 g/mol. The summed E-state index contributed by atoms with van der Waals surface area (Å²) in [5.74, 6) is 0.399. The number of carbonyl (C=O) groups is 1. The van der Waals surface area contributed by atoms with Crippen molar-refractivity contribution >= 4 is 46.6 Å². The largest absolute Gasteiger partial charge is 0.322 e. The third-order valence-electron chi connectivity index (χ3n) is 4.72. The average molecular weight is 485 g/mol. The van der Waals surface area contributed by atoms with E-state index in [2.05, 4.69) is 25.5 Å². The van der Waals surface area contributed by atoms with Crippen molar-refractivity contribution in [2.24, 2.45) is 0 Å². The molecular formula is C22H18Cl2N6OS. The van der Waals surface area contributed by atoms with Crippen molar-refractivity contribution < 1.29 is 4.79 Å². The smallest absolute Gasteiger partial charge is 0.237 e. The molecule has 1 unspecified atom stereocenters. The van der Waals surface area contributed by atoms with Crippen LogP contribution in [0.5, 0.6) is 0 Å². The molecule has 3 heterocycles. The van der Waals surface area contributed by atoms with Gasteiger partial charge in [-0.05, 0) is 55.8 Å². The van der Waals surface area contributed by atoms with Gasteiger partial charge in [0, 0.05) is 29.2 Å². The fraction of sp³-hybridized carbons (Fsp3) is 0.136. The molecule has 0 spiro atoms. The Balaban J connectivity index is 1.70. The average Bonchev–Trinajstić information content (AvgIpc) is 3.21. The van der Waals surface area contributed by atoms with E-state index in [1.165, 1.54) is 11.8 Å². The highest BCUT2D eigenvalue weighted by molar-refractivity contribution is 8.00. The molecule has 0 saturated heterocycles. The van der Waals surface area contributed by atoms with E-state index < -0.39 is 5.25 Å².